The second kappa shape index (κ2) is 6.75. The molecule has 1 saturated heterocycles. The highest BCUT2D eigenvalue weighted by Crippen LogP contribution is 2.25. The van der Waals surface area contributed by atoms with Gasteiger partial charge in [0.05, 0.1) is 6.54 Å². The van der Waals surface area contributed by atoms with Gasteiger partial charge < -0.3 is 5.73 Å². The molecule has 1 heterocycles. The van der Waals surface area contributed by atoms with E-state index in [1.807, 2.05) is 6.07 Å². The van der Waals surface area contributed by atoms with E-state index in [-0.39, 0.29) is 0 Å². The van der Waals surface area contributed by atoms with Crippen LogP contribution < -0.4 is 5.73 Å². The minimum Gasteiger partial charge on any atom is -0.320 e. The Balaban J connectivity index is 2.04. The molecular weight excluding hydrogens is 232 g/mol. The number of hydrogen-bond donors (Lipinski definition) is 1. The Morgan fingerprint density at radius 2 is 2.16 bits per heavy atom. The third-order valence-corrected chi connectivity index (χ3v) is 3.99. The molecule has 1 aromatic carbocycles. The number of rotatable bonds is 3. The predicted octanol–water partition coefficient (Wildman–Crippen LogP) is 2.47. The Kier molecular flexibility index (Phi) is 5.01. The van der Waals surface area contributed by atoms with Crippen LogP contribution in [-0.4, -0.2) is 24.5 Å². The second-order valence-electron chi connectivity index (χ2n) is 5.69. The number of likely N-dealkylation sites (tertiary alicyclic amines) is 1. The third-order valence-electron chi connectivity index (χ3n) is 3.99. The molecule has 0 radical (unpaired) electrons. The molecule has 1 aliphatic heterocycles. The van der Waals surface area contributed by atoms with Crippen molar-refractivity contribution in [2.75, 3.05) is 19.6 Å². The van der Waals surface area contributed by atoms with Crippen molar-refractivity contribution in [2.24, 2.45) is 17.6 Å². The molecule has 1 aromatic rings. The summed E-state index contributed by atoms with van der Waals surface area (Å²) in [4.78, 5) is 2.55. The van der Waals surface area contributed by atoms with Crippen molar-refractivity contribution in [3.05, 3.63) is 35.4 Å². The molecule has 1 atom stereocenters. The first-order valence-electron chi connectivity index (χ1n) is 7.20. The fourth-order valence-corrected chi connectivity index (χ4v) is 2.72. The average molecular weight is 256 g/mol. The topological polar surface area (TPSA) is 29.3 Å². The molecule has 1 fully saturated rings. The number of hydrogen-bond acceptors (Lipinski definition) is 2. The van der Waals surface area contributed by atoms with Crippen LogP contribution in [0.15, 0.2) is 24.3 Å². The SMILES string of the molecule is CC(C)C1CCN(Cc2ccccc2C#CCN)C1. The normalized spacial score (nSPS) is 19.5. The van der Waals surface area contributed by atoms with Gasteiger partial charge in [0, 0.05) is 18.7 Å². The summed E-state index contributed by atoms with van der Waals surface area (Å²) in [5.41, 5.74) is 7.91. The molecule has 1 unspecified atom stereocenters. The highest BCUT2D eigenvalue weighted by molar-refractivity contribution is 5.41. The van der Waals surface area contributed by atoms with E-state index in [0.717, 1.165) is 23.9 Å². The van der Waals surface area contributed by atoms with Crippen LogP contribution >= 0.6 is 0 Å². The lowest BCUT2D eigenvalue weighted by molar-refractivity contribution is 0.296. The summed E-state index contributed by atoms with van der Waals surface area (Å²) in [6.07, 6.45) is 1.33. The van der Waals surface area contributed by atoms with Crippen molar-refractivity contribution in [1.82, 2.24) is 4.90 Å². The first-order valence-corrected chi connectivity index (χ1v) is 7.20. The third kappa shape index (κ3) is 3.83. The smallest absolute Gasteiger partial charge is 0.0555 e. The van der Waals surface area contributed by atoms with Crippen LogP contribution in [0.4, 0.5) is 0 Å². The van der Waals surface area contributed by atoms with Gasteiger partial charge in [0.15, 0.2) is 0 Å². The lowest BCUT2D eigenvalue weighted by Gasteiger charge is -2.18. The van der Waals surface area contributed by atoms with Crippen LogP contribution in [0.3, 0.4) is 0 Å². The Labute approximate surface area is 117 Å². The maximum atomic E-state index is 5.46. The molecule has 0 saturated carbocycles. The lowest BCUT2D eigenvalue weighted by atomic mass is 9.95. The number of nitrogens with zero attached hydrogens (tertiary/aromatic N) is 1. The lowest BCUT2D eigenvalue weighted by Crippen LogP contribution is -2.22. The van der Waals surface area contributed by atoms with E-state index in [9.17, 15) is 0 Å². The molecule has 19 heavy (non-hydrogen) atoms. The maximum Gasteiger partial charge on any atom is 0.0555 e. The minimum atomic E-state index is 0.424. The van der Waals surface area contributed by atoms with E-state index in [0.29, 0.717) is 6.54 Å². The molecule has 102 valence electrons. The molecule has 0 bridgehead atoms. The van der Waals surface area contributed by atoms with E-state index in [1.165, 1.54) is 25.1 Å². The van der Waals surface area contributed by atoms with Gasteiger partial charge >= 0.3 is 0 Å². The summed E-state index contributed by atoms with van der Waals surface area (Å²) in [7, 11) is 0. The van der Waals surface area contributed by atoms with Gasteiger partial charge in [0.1, 0.15) is 0 Å². The second-order valence-corrected chi connectivity index (χ2v) is 5.69. The first kappa shape index (κ1) is 14.1. The monoisotopic (exact) mass is 256 g/mol. The number of nitrogens with two attached hydrogens (primary N) is 1. The van der Waals surface area contributed by atoms with Gasteiger partial charge in [-0.3, -0.25) is 4.90 Å². The molecule has 0 aromatic heterocycles. The highest BCUT2D eigenvalue weighted by atomic mass is 15.1. The van der Waals surface area contributed by atoms with Crippen LogP contribution in [0.5, 0.6) is 0 Å². The van der Waals surface area contributed by atoms with E-state index >= 15 is 0 Å². The van der Waals surface area contributed by atoms with E-state index in [2.05, 4.69) is 48.8 Å². The molecule has 0 amide bonds. The summed E-state index contributed by atoms with van der Waals surface area (Å²) in [5.74, 6) is 7.77. The Bertz CT molecular complexity index is 468. The van der Waals surface area contributed by atoms with Gasteiger partial charge in [-0.25, -0.2) is 0 Å². The van der Waals surface area contributed by atoms with Gasteiger partial charge in [0.25, 0.3) is 0 Å². The predicted molar refractivity (Wildman–Crippen MR) is 80.6 cm³/mol. The van der Waals surface area contributed by atoms with Crippen LogP contribution in [0, 0.1) is 23.7 Å². The van der Waals surface area contributed by atoms with Crippen molar-refractivity contribution in [1.29, 1.82) is 0 Å². The molecule has 2 heteroatoms. The maximum absolute atomic E-state index is 5.46. The van der Waals surface area contributed by atoms with Gasteiger partial charge in [-0.15, -0.1) is 0 Å². The van der Waals surface area contributed by atoms with Crippen LogP contribution in [0.2, 0.25) is 0 Å². The summed E-state index contributed by atoms with van der Waals surface area (Å²) < 4.78 is 0. The van der Waals surface area contributed by atoms with Crippen LogP contribution in [-0.2, 0) is 6.54 Å². The van der Waals surface area contributed by atoms with Crippen molar-refractivity contribution >= 4 is 0 Å². The van der Waals surface area contributed by atoms with Crippen molar-refractivity contribution < 1.29 is 0 Å². The van der Waals surface area contributed by atoms with Crippen LogP contribution in [0.1, 0.15) is 31.4 Å². The van der Waals surface area contributed by atoms with Crippen LogP contribution in [0.25, 0.3) is 0 Å². The first-order chi connectivity index (χ1) is 9.20. The minimum absolute atomic E-state index is 0.424. The summed E-state index contributed by atoms with van der Waals surface area (Å²) >= 11 is 0. The van der Waals surface area contributed by atoms with E-state index in [4.69, 9.17) is 5.73 Å². The molecule has 0 spiro atoms. The molecular formula is C17H24N2. The van der Waals surface area contributed by atoms with Crippen molar-refractivity contribution in [3.63, 3.8) is 0 Å². The molecule has 0 aliphatic carbocycles. The molecule has 1 aliphatic rings. The zero-order chi connectivity index (χ0) is 13.7. The summed E-state index contributed by atoms with van der Waals surface area (Å²) in [6, 6.07) is 8.42. The zero-order valence-electron chi connectivity index (χ0n) is 12.0. The van der Waals surface area contributed by atoms with Gasteiger partial charge in [-0.1, -0.05) is 43.9 Å². The van der Waals surface area contributed by atoms with E-state index < -0.39 is 0 Å². The van der Waals surface area contributed by atoms with Gasteiger partial charge in [-0.05, 0) is 36.4 Å². The number of benzene rings is 1. The largest absolute Gasteiger partial charge is 0.320 e. The van der Waals surface area contributed by atoms with Crippen molar-refractivity contribution in [2.45, 2.75) is 26.8 Å². The summed E-state index contributed by atoms with van der Waals surface area (Å²) in [5, 5.41) is 0. The Hall–Kier alpha value is -1.30. The van der Waals surface area contributed by atoms with Gasteiger partial charge in [0.2, 0.25) is 0 Å². The fraction of sp³-hybridized carbons (Fsp3) is 0.529. The van der Waals surface area contributed by atoms with Gasteiger partial charge in [-0.2, -0.15) is 0 Å². The molecule has 2 nitrogen and oxygen atoms in total. The fourth-order valence-electron chi connectivity index (χ4n) is 2.72. The standard InChI is InChI=1S/C17H24N2/c1-14(2)16-9-11-19(12-16)13-17-7-4-3-6-15(17)8-5-10-18/h3-4,6-7,14,16H,9-13,18H2,1-2H3. The Morgan fingerprint density at radius 3 is 2.84 bits per heavy atom. The molecule has 2 rings (SSSR count). The Morgan fingerprint density at radius 1 is 1.37 bits per heavy atom. The zero-order valence-corrected chi connectivity index (χ0v) is 12.0. The van der Waals surface area contributed by atoms with E-state index in [1.54, 1.807) is 0 Å². The average Bonchev–Trinajstić information content (AvgIpc) is 2.86. The quantitative estimate of drug-likeness (QED) is 0.842. The highest BCUT2D eigenvalue weighted by Gasteiger charge is 2.24. The molecule has 2 N–H and O–H groups in total. The summed E-state index contributed by atoms with van der Waals surface area (Å²) in [6.45, 7) is 8.52. The van der Waals surface area contributed by atoms with Crippen molar-refractivity contribution in [3.8, 4) is 11.8 Å².